The number of aromatic nitrogens is 1. The van der Waals surface area contributed by atoms with Gasteiger partial charge in [-0.15, -0.1) is 0 Å². The predicted octanol–water partition coefficient (Wildman–Crippen LogP) is 2.41. The summed E-state index contributed by atoms with van der Waals surface area (Å²) in [7, 11) is 0. The zero-order valence-corrected chi connectivity index (χ0v) is 11.4. The van der Waals surface area contributed by atoms with Gasteiger partial charge in [-0.2, -0.15) is 0 Å². The van der Waals surface area contributed by atoms with Crippen LogP contribution in [-0.4, -0.2) is 41.7 Å². The van der Waals surface area contributed by atoms with Gasteiger partial charge in [0.25, 0.3) is 5.92 Å². The van der Waals surface area contributed by atoms with Crippen molar-refractivity contribution < 1.29 is 23.4 Å². The zero-order valence-electron chi connectivity index (χ0n) is 11.4. The fraction of sp³-hybridized carbons (Fsp3) is 0.571. The topological polar surface area (TPSA) is 62.7 Å². The Labute approximate surface area is 120 Å². The van der Waals surface area contributed by atoms with Crippen molar-refractivity contribution in [2.24, 2.45) is 5.92 Å². The molecule has 3 rings (SSSR count). The maximum Gasteiger partial charge on any atom is 0.358 e. The van der Waals surface area contributed by atoms with Crippen LogP contribution in [0.25, 0.3) is 0 Å². The predicted molar refractivity (Wildman–Crippen MR) is 71.2 cm³/mol. The Morgan fingerprint density at radius 3 is 2.86 bits per heavy atom. The number of anilines is 1. The van der Waals surface area contributed by atoms with Crippen LogP contribution < -0.4 is 9.64 Å². The molecule has 21 heavy (non-hydrogen) atoms. The van der Waals surface area contributed by atoms with E-state index in [4.69, 9.17) is 9.84 Å². The monoisotopic (exact) mass is 298 g/mol. The minimum absolute atomic E-state index is 0.155. The lowest BCUT2D eigenvalue weighted by molar-refractivity contribution is 0.0257. The number of nitrogens with zero attached hydrogens (tertiary/aromatic N) is 2. The van der Waals surface area contributed by atoms with Crippen LogP contribution >= 0.6 is 0 Å². The molecule has 5 nitrogen and oxygen atoms in total. The van der Waals surface area contributed by atoms with E-state index in [2.05, 4.69) is 4.98 Å². The Hall–Kier alpha value is -1.92. The van der Waals surface area contributed by atoms with Crippen molar-refractivity contribution in [1.82, 2.24) is 4.98 Å². The smallest absolute Gasteiger partial charge is 0.358 e. The Morgan fingerprint density at radius 2 is 2.29 bits per heavy atom. The van der Waals surface area contributed by atoms with Crippen LogP contribution in [0, 0.1) is 5.92 Å². The van der Waals surface area contributed by atoms with E-state index in [9.17, 15) is 13.6 Å². The molecule has 7 heteroatoms. The van der Waals surface area contributed by atoms with Crippen molar-refractivity contribution in [3.8, 4) is 5.75 Å². The fourth-order valence-electron chi connectivity index (χ4n) is 2.33. The standard InChI is InChI=1S/C14H16F2N2O3/c15-14(16)3-4-18(8-14)10-5-11(21-7-9-1-2-9)12(13(19)20)17-6-10/h5-6,9H,1-4,7-8H2,(H,19,20). The van der Waals surface area contributed by atoms with Gasteiger partial charge in [0.1, 0.15) is 0 Å². The molecule has 1 N–H and O–H groups in total. The van der Waals surface area contributed by atoms with Crippen molar-refractivity contribution in [2.75, 3.05) is 24.6 Å². The van der Waals surface area contributed by atoms with Gasteiger partial charge in [-0.25, -0.2) is 18.6 Å². The summed E-state index contributed by atoms with van der Waals surface area (Å²) < 4.78 is 32.0. The van der Waals surface area contributed by atoms with E-state index < -0.39 is 11.9 Å². The molecule has 114 valence electrons. The molecule has 0 unspecified atom stereocenters. The molecule has 1 saturated carbocycles. The van der Waals surface area contributed by atoms with Crippen LogP contribution in [-0.2, 0) is 0 Å². The molecule has 2 heterocycles. The van der Waals surface area contributed by atoms with E-state index in [-0.39, 0.29) is 31.0 Å². The number of aromatic carboxylic acids is 1. The van der Waals surface area contributed by atoms with Crippen LogP contribution in [0.1, 0.15) is 29.8 Å². The Balaban J connectivity index is 1.81. The average molecular weight is 298 g/mol. The van der Waals surface area contributed by atoms with E-state index in [0.29, 0.717) is 18.2 Å². The number of carboxylic acids is 1. The van der Waals surface area contributed by atoms with Gasteiger partial charge in [0, 0.05) is 19.0 Å². The van der Waals surface area contributed by atoms with Crippen LogP contribution in [0.4, 0.5) is 14.5 Å². The number of carboxylic acid groups (broad SMARTS) is 1. The highest BCUT2D eigenvalue weighted by Gasteiger charge is 2.38. The van der Waals surface area contributed by atoms with E-state index in [1.165, 1.54) is 17.2 Å². The molecule has 0 amide bonds. The quantitative estimate of drug-likeness (QED) is 0.904. The SMILES string of the molecule is O=C(O)c1ncc(N2CCC(F)(F)C2)cc1OCC1CC1. The largest absolute Gasteiger partial charge is 0.491 e. The van der Waals surface area contributed by atoms with Gasteiger partial charge in [-0.3, -0.25) is 0 Å². The summed E-state index contributed by atoms with van der Waals surface area (Å²) in [6.45, 7) is 0.300. The van der Waals surface area contributed by atoms with E-state index in [1.807, 2.05) is 0 Å². The van der Waals surface area contributed by atoms with Crippen molar-refractivity contribution in [1.29, 1.82) is 0 Å². The van der Waals surface area contributed by atoms with Gasteiger partial charge in [0.2, 0.25) is 0 Å². The van der Waals surface area contributed by atoms with Crippen LogP contribution in [0.5, 0.6) is 5.75 Å². The summed E-state index contributed by atoms with van der Waals surface area (Å²) in [6, 6.07) is 1.50. The molecule has 1 aromatic heterocycles. The molecule has 0 bridgehead atoms. The summed E-state index contributed by atoms with van der Waals surface area (Å²) in [5.74, 6) is -3.27. The Morgan fingerprint density at radius 1 is 1.52 bits per heavy atom. The number of halogens is 2. The number of pyridine rings is 1. The van der Waals surface area contributed by atoms with Crippen molar-refractivity contribution >= 4 is 11.7 Å². The Kier molecular flexibility index (Phi) is 3.43. The molecule has 1 aliphatic heterocycles. The molecule has 2 aliphatic rings. The summed E-state index contributed by atoms with van der Waals surface area (Å²) in [6.07, 6.45) is 3.27. The molecule has 1 saturated heterocycles. The van der Waals surface area contributed by atoms with Gasteiger partial charge in [-0.05, 0) is 18.8 Å². The first-order valence-electron chi connectivity index (χ1n) is 6.93. The molecule has 0 aromatic carbocycles. The molecule has 0 atom stereocenters. The molecular weight excluding hydrogens is 282 g/mol. The third-order valence-electron chi connectivity index (χ3n) is 3.75. The van der Waals surface area contributed by atoms with Gasteiger partial charge in [0.05, 0.1) is 25.0 Å². The second-order valence-electron chi connectivity index (χ2n) is 5.63. The second kappa shape index (κ2) is 5.13. The van der Waals surface area contributed by atoms with Crippen molar-refractivity contribution in [3.05, 3.63) is 18.0 Å². The lowest BCUT2D eigenvalue weighted by Crippen LogP contribution is -2.25. The van der Waals surface area contributed by atoms with Crippen molar-refractivity contribution in [3.63, 3.8) is 0 Å². The third kappa shape index (κ3) is 3.22. The third-order valence-corrected chi connectivity index (χ3v) is 3.75. The highest BCUT2D eigenvalue weighted by atomic mass is 19.3. The van der Waals surface area contributed by atoms with E-state index in [1.54, 1.807) is 0 Å². The Bertz CT molecular complexity index is 561. The zero-order chi connectivity index (χ0) is 15.0. The number of carbonyl (C=O) groups is 1. The van der Waals surface area contributed by atoms with Crippen molar-refractivity contribution in [2.45, 2.75) is 25.2 Å². The number of hydrogen-bond acceptors (Lipinski definition) is 4. The minimum Gasteiger partial charge on any atom is -0.491 e. The number of hydrogen-bond donors (Lipinski definition) is 1. The lowest BCUT2D eigenvalue weighted by Gasteiger charge is -2.19. The molecule has 2 fully saturated rings. The first kappa shape index (κ1) is 14.0. The molecule has 1 aliphatic carbocycles. The second-order valence-corrected chi connectivity index (χ2v) is 5.63. The van der Waals surface area contributed by atoms with Gasteiger partial charge in [-0.1, -0.05) is 0 Å². The van der Waals surface area contributed by atoms with Crippen LogP contribution in [0.2, 0.25) is 0 Å². The number of alkyl halides is 2. The first-order chi connectivity index (χ1) is 9.94. The highest BCUT2D eigenvalue weighted by Crippen LogP contribution is 2.34. The molecule has 1 aromatic rings. The van der Waals surface area contributed by atoms with Gasteiger partial charge in [0.15, 0.2) is 11.4 Å². The van der Waals surface area contributed by atoms with Crippen LogP contribution in [0.3, 0.4) is 0 Å². The maximum absolute atomic E-state index is 13.3. The van der Waals surface area contributed by atoms with Gasteiger partial charge >= 0.3 is 5.97 Å². The number of rotatable bonds is 5. The van der Waals surface area contributed by atoms with E-state index in [0.717, 1.165) is 12.8 Å². The highest BCUT2D eigenvalue weighted by molar-refractivity contribution is 5.89. The maximum atomic E-state index is 13.3. The fourth-order valence-corrected chi connectivity index (χ4v) is 2.33. The normalized spacial score (nSPS) is 20.6. The summed E-state index contributed by atoms with van der Waals surface area (Å²) >= 11 is 0. The van der Waals surface area contributed by atoms with Gasteiger partial charge < -0.3 is 14.7 Å². The summed E-state index contributed by atoms with van der Waals surface area (Å²) in [5, 5.41) is 9.11. The molecular formula is C14H16F2N2O3. The first-order valence-corrected chi connectivity index (χ1v) is 6.93. The average Bonchev–Trinajstić information content (AvgIpc) is 3.18. The number of ether oxygens (including phenoxy) is 1. The summed E-state index contributed by atoms with van der Waals surface area (Å²) in [4.78, 5) is 16.5. The molecule has 0 radical (unpaired) electrons. The molecule has 0 spiro atoms. The summed E-state index contributed by atoms with van der Waals surface area (Å²) in [5.41, 5.74) is 0.299. The lowest BCUT2D eigenvalue weighted by atomic mass is 10.3. The minimum atomic E-state index is -2.71. The van der Waals surface area contributed by atoms with Crippen LogP contribution in [0.15, 0.2) is 12.3 Å². The van der Waals surface area contributed by atoms with E-state index >= 15 is 0 Å².